The predicted molar refractivity (Wildman–Crippen MR) is 88.4 cm³/mol. The summed E-state index contributed by atoms with van der Waals surface area (Å²) in [6.07, 6.45) is -0.454. The Morgan fingerprint density at radius 3 is 2.26 bits per heavy atom. The molecule has 0 spiro atoms. The molecule has 2 N–H and O–H groups in total. The third-order valence-electron chi connectivity index (χ3n) is 3.85. The van der Waals surface area contributed by atoms with E-state index in [0.717, 1.165) is 11.3 Å². The smallest absolute Gasteiger partial charge is 0.309 e. The van der Waals surface area contributed by atoms with E-state index in [2.05, 4.69) is 0 Å². The fraction of sp³-hybridized carbons (Fsp3) is 0.611. The Kier molecular flexibility index (Phi) is 8.06. The Morgan fingerprint density at radius 2 is 1.78 bits per heavy atom. The van der Waals surface area contributed by atoms with Crippen molar-refractivity contribution in [3.8, 4) is 5.75 Å². The number of methoxy groups -OCH3 is 1. The van der Waals surface area contributed by atoms with Crippen LogP contribution in [0.2, 0.25) is 0 Å². The summed E-state index contributed by atoms with van der Waals surface area (Å²) < 4.78 is 10.7. The molecular weight excluding hydrogens is 296 g/mol. The summed E-state index contributed by atoms with van der Waals surface area (Å²) in [5.74, 6) is -0.940. The Balaban J connectivity index is 2.47. The number of aliphatic carboxylic acids is 1. The van der Waals surface area contributed by atoms with E-state index in [0.29, 0.717) is 19.6 Å². The van der Waals surface area contributed by atoms with Crippen LogP contribution in [0.3, 0.4) is 0 Å². The lowest BCUT2D eigenvalue weighted by atomic mass is 9.86. The van der Waals surface area contributed by atoms with Crippen LogP contribution in [-0.2, 0) is 16.1 Å². The highest BCUT2D eigenvalue weighted by Gasteiger charge is 2.31. The van der Waals surface area contributed by atoms with Gasteiger partial charge in [-0.1, -0.05) is 32.9 Å². The molecule has 1 aromatic carbocycles. The van der Waals surface area contributed by atoms with Crippen LogP contribution in [0.5, 0.6) is 5.75 Å². The van der Waals surface area contributed by atoms with E-state index in [1.165, 1.54) is 0 Å². The van der Waals surface area contributed by atoms with E-state index in [1.807, 2.05) is 45.0 Å². The first-order valence-corrected chi connectivity index (χ1v) is 7.96. The number of aliphatic hydroxyl groups excluding tert-OH is 1. The number of carboxylic acids is 1. The zero-order valence-electron chi connectivity index (χ0n) is 14.4. The van der Waals surface area contributed by atoms with Gasteiger partial charge in [-0.2, -0.15) is 0 Å². The quantitative estimate of drug-likeness (QED) is 0.692. The van der Waals surface area contributed by atoms with Crippen molar-refractivity contribution in [2.45, 2.75) is 39.9 Å². The normalized spacial score (nSPS) is 15.2. The summed E-state index contributed by atoms with van der Waals surface area (Å²) in [4.78, 5) is 11.3. The van der Waals surface area contributed by atoms with E-state index < -0.39 is 18.0 Å². The molecule has 0 radical (unpaired) electrons. The number of rotatable bonds is 10. The highest BCUT2D eigenvalue weighted by molar-refractivity contribution is 5.70. The zero-order valence-corrected chi connectivity index (χ0v) is 14.4. The molecule has 0 heterocycles. The van der Waals surface area contributed by atoms with Gasteiger partial charge in [-0.15, -0.1) is 0 Å². The Hall–Kier alpha value is -1.59. The van der Waals surface area contributed by atoms with Gasteiger partial charge in [-0.3, -0.25) is 4.79 Å². The van der Waals surface area contributed by atoms with Gasteiger partial charge >= 0.3 is 5.97 Å². The van der Waals surface area contributed by atoms with Crippen molar-refractivity contribution in [1.82, 2.24) is 0 Å². The van der Waals surface area contributed by atoms with Gasteiger partial charge in [0.15, 0.2) is 0 Å². The Morgan fingerprint density at radius 1 is 1.17 bits per heavy atom. The van der Waals surface area contributed by atoms with Gasteiger partial charge in [0.05, 0.1) is 32.3 Å². The lowest BCUT2D eigenvalue weighted by Crippen LogP contribution is -2.36. The number of hydrogen-bond donors (Lipinski definition) is 2. The summed E-state index contributed by atoms with van der Waals surface area (Å²) >= 11 is 0. The minimum atomic E-state index is -0.951. The standard InChI is InChI=1S/C18H28O5/c1-12(2)9-16(18(20)21)17(19)13(3)10-23-11-14-5-7-15(22-4)8-6-14/h5-8,12-13,16-17,19H,9-11H2,1-4H3,(H,20,21)/t13-,16+,17+/m0/s1. The lowest BCUT2D eigenvalue weighted by molar-refractivity contribution is -0.148. The molecule has 5 nitrogen and oxygen atoms in total. The average molecular weight is 324 g/mol. The molecule has 0 bridgehead atoms. The Labute approximate surface area is 138 Å². The Bertz CT molecular complexity index is 469. The molecule has 5 heteroatoms. The molecule has 23 heavy (non-hydrogen) atoms. The summed E-state index contributed by atoms with van der Waals surface area (Å²) in [7, 11) is 1.62. The minimum absolute atomic E-state index is 0.221. The van der Waals surface area contributed by atoms with Gasteiger partial charge in [0.25, 0.3) is 0 Å². The van der Waals surface area contributed by atoms with Gasteiger partial charge in [0, 0.05) is 5.92 Å². The van der Waals surface area contributed by atoms with Crippen molar-refractivity contribution >= 4 is 5.97 Å². The number of carboxylic acid groups (broad SMARTS) is 1. The largest absolute Gasteiger partial charge is 0.497 e. The molecule has 0 aliphatic carbocycles. The molecule has 0 amide bonds. The summed E-state index contributed by atoms with van der Waals surface area (Å²) in [6, 6.07) is 7.55. The number of aliphatic hydroxyl groups is 1. The third-order valence-corrected chi connectivity index (χ3v) is 3.85. The zero-order chi connectivity index (χ0) is 17.4. The molecular formula is C18H28O5. The molecule has 0 aliphatic rings. The van der Waals surface area contributed by atoms with E-state index in [9.17, 15) is 15.0 Å². The first-order valence-electron chi connectivity index (χ1n) is 7.96. The van der Waals surface area contributed by atoms with Gasteiger partial charge in [0.2, 0.25) is 0 Å². The lowest BCUT2D eigenvalue weighted by Gasteiger charge is -2.26. The fourth-order valence-electron chi connectivity index (χ4n) is 2.47. The summed E-state index contributed by atoms with van der Waals surface area (Å²) in [5, 5.41) is 19.6. The molecule has 1 rings (SSSR count). The SMILES string of the molecule is COc1ccc(COC[C@H](C)[C@@H](O)[C@@H](CC(C)C)C(=O)O)cc1. The topological polar surface area (TPSA) is 76.0 Å². The van der Waals surface area contributed by atoms with Crippen molar-refractivity contribution < 1.29 is 24.5 Å². The first-order chi connectivity index (χ1) is 10.8. The molecule has 0 aromatic heterocycles. The monoisotopic (exact) mass is 324 g/mol. The van der Waals surface area contributed by atoms with Crippen molar-refractivity contribution in [1.29, 1.82) is 0 Å². The first kappa shape index (κ1) is 19.5. The van der Waals surface area contributed by atoms with Crippen molar-refractivity contribution in [3.05, 3.63) is 29.8 Å². The van der Waals surface area contributed by atoms with Crippen molar-refractivity contribution in [2.75, 3.05) is 13.7 Å². The maximum atomic E-state index is 11.3. The maximum Gasteiger partial charge on any atom is 0.309 e. The van der Waals surface area contributed by atoms with Gasteiger partial charge in [-0.05, 0) is 30.0 Å². The van der Waals surface area contributed by atoms with Crippen molar-refractivity contribution in [3.63, 3.8) is 0 Å². The second-order valence-corrected chi connectivity index (χ2v) is 6.41. The van der Waals surface area contributed by atoms with Gasteiger partial charge < -0.3 is 19.7 Å². The minimum Gasteiger partial charge on any atom is -0.497 e. The molecule has 0 aliphatic heterocycles. The van der Waals surface area contributed by atoms with Crippen LogP contribution in [0.25, 0.3) is 0 Å². The molecule has 0 saturated carbocycles. The third kappa shape index (κ3) is 6.59. The average Bonchev–Trinajstić information content (AvgIpc) is 2.52. The summed E-state index contributed by atoms with van der Waals surface area (Å²) in [6.45, 7) is 6.45. The maximum absolute atomic E-state index is 11.3. The van der Waals surface area contributed by atoms with Gasteiger partial charge in [-0.25, -0.2) is 0 Å². The van der Waals surface area contributed by atoms with Crippen LogP contribution in [0.1, 0.15) is 32.8 Å². The van der Waals surface area contributed by atoms with E-state index in [1.54, 1.807) is 7.11 Å². The van der Waals surface area contributed by atoms with Crippen LogP contribution in [0.15, 0.2) is 24.3 Å². The van der Waals surface area contributed by atoms with E-state index in [4.69, 9.17) is 9.47 Å². The van der Waals surface area contributed by atoms with Crippen molar-refractivity contribution in [2.24, 2.45) is 17.8 Å². The fourth-order valence-corrected chi connectivity index (χ4v) is 2.47. The van der Waals surface area contributed by atoms with E-state index >= 15 is 0 Å². The molecule has 3 atom stereocenters. The van der Waals surface area contributed by atoms with Crippen LogP contribution in [-0.4, -0.2) is 36.0 Å². The number of carbonyl (C=O) groups is 1. The second-order valence-electron chi connectivity index (χ2n) is 6.41. The van der Waals surface area contributed by atoms with Gasteiger partial charge in [0.1, 0.15) is 5.75 Å². The van der Waals surface area contributed by atoms with Crippen LogP contribution in [0.4, 0.5) is 0 Å². The molecule has 0 unspecified atom stereocenters. The summed E-state index contributed by atoms with van der Waals surface area (Å²) in [5.41, 5.74) is 1.00. The second kappa shape index (κ2) is 9.53. The highest BCUT2D eigenvalue weighted by atomic mass is 16.5. The molecule has 0 fully saturated rings. The highest BCUT2D eigenvalue weighted by Crippen LogP contribution is 2.22. The van der Waals surface area contributed by atoms with Crippen LogP contribution in [0, 0.1) is 17.8 Å². The van der Waals surface area contributed by atoms with E-state index in [-0.39, 0.29) is 11.8 Å². The molecule has 130 valence electrons. The number of benzene rings is 1. The molecule has 1 aromatic rings. The number of hydrogen-bond acceptors (Lipinski definition) is 4. The van der Waals surface area contributed by atoms with Crippen LogP contribution >= 0.6 is 0 Å². The number of ether oxygens (including phenoxy) is 2. The van der Waals surface area contributed by atoms with Crippen LogP contribution < -0.4 is 4.74 Å². The molecule has 0 saturated heterocycles. The predicted octanol–water partition coefficient (Wildman–Crippen LogP) is 2.96.